The maximum atomic E-state index is 14.3. The second kappa shape index (κ2) is 18.9. The minimum absolute atomic E-state index is 0.135. The average molecular weight is 791 g/mol. The summed E-state index contributed by atoms with van der Waals surface area (Å²) in [4.78, 5) is 18.4. The summed E-state index contributed by atoms with van der Waals surface area (Å²) in [6.45, 7) is 20.3. The lowest BCUT2D eigenvalue weighted by Crippen LogP contribution is -2.63. The summed E-state index contributed by atoms with van der Waals surface area (Å²) in [5.41, 5.74) is -4.37. The van der Waals surface area contributed by atoms with E-state index in [1.165, 1.54) is 14.0 Å². The first-order valence-corrected chi connectivity index (χ1v) is 20.5. The summed E-state index contributed by atoms with van der Waals surface area (Å²) >= 11 is 0. The average Bonchev–Trinajstić information content (AvgIpc) is 3.11. The van der Waals surface area contributed by atoms with Gasteiger partial charge in [0.2, 0.25) is 0 Å². The monoisotopic (exact) mass is 791 g/mol. The van der Waals surface area contributed by atoms with Gasteiger partial charge in [0, 0.05) is 51.5 Å². The third-order valence-electron chi connectivity index (χ3n) is 13.0. The van der Waals surface area contributed by atoms with Crippen molar-refractivity contribution in [1.29, 1.82) is 0 Å². The molecular weight excluding hydrogens is 716 g/mol. The molecule has 0 saturated carbocycles. The van der Waals surface area contributed by atoms with E-state index >= 15 is 0 Å². The molecule has 15 heteroatoms. The molecule has 0 spiro atoms. The zero-order valence-corrected chi connectivity index (χ0v) is 35.4. The SMILES string of the molecule is CC[C@H]1OC(=O)[C@H](C)[C@@H](O[C@H]2C[C@@](C)(OC)[C@@H](O)[C@H](C)O2)[C@H](C)[C@@H](O[C@@H]2O[C@H](C)C[C@@H](O)[C@@H]2N2CCOCC2)[C@](C)(O)C[C@@H](C)CN(C)[C@H](C)[C@@H](O)[C@]1(C)O. The van der Waals surface area contributed by atoms with Crippen LogP contribution in [0.1, 0.15) is 94.9 Å². The van der Waals surface area contributed by atoms with Crippen LogP contribution in [0.4, 0.5) is 0 Å². The third kappa shape index (κ3) is 10.6. The van der Waals surface area contributed by atoms with E-state index in [0.717, 1.165) is 0 Å². The minimum Gasteiger partial charge on any atom is -0.459 e. The molecule has 0 radical (unpaired) electrons. The van der Waals surface area contributed by atoms with E-state index < -0.39 is 102 Å². The highest BCUT2D eigenvalue weighted by Crippen LogP contribution is 2.40. The normalized spacial score (nSPS) is 49.5. The van der Waals surface area contributed by atoms with Crippen LogP contribution in [0.2, 0.25) is 0 Å². The third-order valence-corrected chi connectivity index (χ3v) is 13.0. The highest BCUT2D eigenvalue weighted by atomic mass is 16.7. The first kappa shape index (κ1) is 46.6. The number of hydrogen-bond donors (Lipinski definition) is 5. The molecule has 0 aromatic carbocycles. The molecule has 0 bridgehead atoms. The molecule has 4 fully saturated rings. The van der Waals surface area contributed by atoms with Crippen LogP contribution in [-0.4, -0.2) is 179 Å². The molecule has 4 aliphatic heterocycles. The minimum atomic E-state index is -1.80. The number of carbonyl (C=O) groups excluding carboxylic acids is 1. The Morgan fingerprint density at radius 2 is 1.55 bits per heavy atom. The first-order valence-electron chi connectivity index (χ1n) is 20.5. The summed E-state index contributed by atoms with van der Waals surface area (Å²) in [5, 5.41) is 58.5. The largest absolute Gasteiger partial charge is 0.459 e. The molecule has 4 aliphatic rings. The molecule has 18 atom stereocenters. The van der Waals surface area contributed by atoms with Crippen molar-refractivity contribution in [3.63, 3.8) is 0 Å². The van der Waals surface area contributed by atoms with Crippen LogP contribution in [-0.2, 0) is 38.0 Å². The lowest BCUT2D eigenvalue weighted by Gasteiger charge is -2.50. The van der Waals surface area contributed by atoms with Gasteiger partial charge in [-0.2, -0.15) is 0 Å². The smallest absolute Gasteiger partial charge is 0.311 e. The number of aliphatic hydroxyl groups is 5. The molecular formula is C40H74N2O13. The standard InChI is InChI=1S/C40H74N2O13/c1-13-29-40(10,48)33(44)26(6)41(11)21-22(2)19-38(8,47)35(55-37-31(28(43)18-23(3)51-37)42-14-16-50-17-15-42)24(4)32(25(5)36(46)53-29)54-30-20-39(9,49-12)34(45)27(7)52-30/h22-35,37,43-45,47-48H,13-21H2,1-12H3/t22-,23-,24+,25-,26-,27+,28-,29-,30+,31+,32+,33-,34+,35-,37+,38-,39-,40-/m1/s1. The van der Waals surface area contributed by atoms with Crippen LogP contribution in [0.5, 0.6) is 0 Å². The van der Waals surface area contributed by atoms with E-state index in [1.54, 1.807) is 34.6 Å². The van der Waals surface area contributed by atoms with Gasteiger partial charge in [0.15, 0.2) is 12.6 Å². The molecule has 0 aliphatic carbocycles. The summed E-state index contributed by atoms with van der Waals surface area (Å²) in [6.07, 6.45) is -7.99. The number of likely N-dealkylation sites (N-methyl/N-ethyl adjacent to an activating group) is 1. The van der Waals surface area contributed by atoms with Gasteiger partial charge in [-0.25, -0.2) is 0 Å². The number of rotatable bonds is 7. The number of cyclic esters (lactones) is 1. The molecule has 0 aromatic heterocycles. The highest BCUT2D eigenvalue weighted by Gasteiger charge is 2.53. The second-order valence-corrected chi connectivity index (χ2v) is 17.8. The Bertz CT molecular complexity index is 1220. The second-order valence-electron chi connectivity index (χ2n) is 17.8. The zero-order chi connectivity index (χ0) is 41.2. The van der Waals surface area contributed by atoms with E-state index in [1.807, 2.05) is 39.6 Å². The summed E-state index contributed by atoms with van der Waals surface area (Å²) in [7, 11) is 3.37. The van der Waals surface area contributed by atoms with Gasteiger partial charge in [-0.15, -0.1) is 0 Å². The molecule has 4 saturated heterocycles. The van der Waals surface area contributed by atoms with Crippen molar-refractivity contribution in [2.75, 3.05) is 47.0 Å². The van der Waals surface area contributed by atoms with Crippen LogP contribution in [0.15, 0.2) is 0 Å². The van der Waals surface area contributed by atoms with Crippen LogP contribution in [0, 0.1) is 17.8 Å². The van der Waals surface area contributed by atoms with E-state index in [-0.39, 0.29) is 31.3 Å². The van der Waals surface area contributed by atoms with Crippen LogP contribution < -0.4 is 0 Å². The van der Waals surface area contributed by atoms with Gasteiger partial charge in [-0.3, -0.25) is 9.69 Å². The molecule has 4 rings (SSSR count). The molecule has 55 heavy (non-hydrogen) atoms. The number of hydrogen-bond acceptors (Lipinski definition) is 15. The summed E-state index contributed by atoms with van der Waals surface area (Å²) in [6, 6.07) is -1.09. The Labute approximate surface area is 328 Å². The summed E-state index contributed by atoms with van der Waals surface area (Å²) < 4.78 is 43.9. The van der Waals surface area contributed by atoms with Gasteiger partial charge in [0.1, 0.15) is 23.9 Å². The van der Waals surface area contributed by atoms with Gasteiger partial charge in [-0.1, -0.05) is 20.8 Å². The van der Waals surface area contributed by atoms with E-state index in [0.29, 0.717) is 39.3 Å². The predicted octanol–water partition coefficient (Wildman–Crippen LogP) is 1.67. The fourth-order valence-electron chi connectivity index (χ4n) is 9.51. The highest BCUT2D eigenvalue weighted by molar-refractivity contribution is 5.73. The van der Waals surface area contributed by atoms with Crippen LogP contribution >= 0.6 is 0 Å². The number of methoxy groups -OCH3 is 1. The van der Waals surface area contributed by atoms with Gasteiger partial charge >= 0.3 is 5.97 Å². The Hall–Kier alpha value is -1.05. The van der Waals surface area contributed by atoms with Crippen molar-refractivity contribution in [2.24, 2.45) is 17.8 Å². The molecule has 0 unspecified atom stereocenters. The molecule has 0 aromatic rings. The number of nitrogens with zero attached hydrogens (tertiary/aromatic N) is 2. The van der Waals surface area contributed by atoms with Crippen molar-refractivity contribution in [3.05, 3.63) is 0 Å². The van der Waals surface area contributed by atoms with Gasteiger partial charge in [-0.05, 0) is 74.3 Å². The summed E-state index contributed by atoms with van der Waals surface area (Å²) in [5.74, 6) is -2.56. The van der Waals surface area contributed by atoms with Crippen molar-refractivity contribution in [2.45, 2.75) is 185 Å². The topological polar surface area (TPSA) is 189 Å². The maximum Gasteiger partial charge on any atom is 0.311 e. The lowest BCUT2D eigenvalue weighted by molar-refractivity contribution is -0.316. The number of carbonyl (C=O) groups is 1. The Morgan fingerprint density at radius 3 is 2.15 bits per heavy atom. The number of morpholine rings is 1. The van der Waals surface area contributed by atoms with Crippen molar-refractivity contribution < 1.29 is 63.5 Å². The maximum absolute atomic E-state index is 14.3. The number of esters is 1. The molecule has 322 valence electrons. The van der Waals surface area contributed by atoms with Crippen LogP contribution in [0.25, 0.3) is 0 Å². The van der Waals surface area contributed by atoms with E-state index in [9.17, 15) is 30.3 Å². The molecule has 15 nitrogen and oxygen atoms in total. The Balaban J connectivity index is 1.83. The van der Waals surface area contributed by atoms with Crippen molar-refractivity contribution in [3.8, 4) is 0 Å². The number of aliphatic hydroxyl groups excluding tert-OH is 3. The molecule has 0 amide bonds. The predicted molar refractivity (Wildman–Crippen MR) is 203 cm³/mol. The van der Waals surface area contributed by atoms with E-state index in [2.05, 4.69) is 4.90 Å². The quantitative estimate of drug-likeness (QED) is 0.234. The lowest BCUT2D eigenvalue weighted by atomic mass is 9.77. The van der Waals surface area contributed by atoms with Crippen molar-refractivity contribution >= 4 is 5.97 Å². The van der Waals surface area contributed by atoms with Gasteiger partial charge in [0.05, 0.1) is 66.9 Å². The number of ether oxygens (including phenoxy) is 7. The van der Waals surface area contributed by atoms with Crippen LogP contribution in [0.3, 0.4) is 0 Å². The molecule has 4 heterocycles. The van der Waals surface area contributed by atoms with Crippen molar-refractivity contribution in [1.82, 2.24) is 9.80 Å². The zero-order valence-electron chi connectivity index (χ0n) is 35.4. The Kier molecular flexibility index (Phi) is 16.0. The van der Waals surface area contributed by atoms with Gasteiger partial charge in [0.25, 0.3) is 0 Å². The van der Waals surface area contributed by atoms with E-state index in [4.69, 9.17) is 33.2 Å². The molecule has 5 N–H and O–H groups in total. The fourth-order valence-corrected chi connectivity index (χ4v) is 9.51. The fraction of sp³-hybridized carbons (Fsp3) is 0.975. The Morgan fingerprint density at radius 1 is 0.909 bits per heavy atom. The first-order chi connectivity index (χ1) is 25.6. The van der Waals surface area contributed by atoms with Gasteiger partial charge < -0.3 is 63.6 Å².